The molecule has 0 fully saturated rings. The predicted octanol–water partition coefficient (Wildman–Crippen LogP) is 1.94. The molecule has 1 unspecified atom stereocenters. The molecule has 0 saturated carbocycles. The Balaban J connectivity index is 2.54. The maximum absolute atomic E-state index is 12.1. The molecule has 1 aromatic rings. The van der Waals surface area contributed by atoms with Crippen molar-refractivity contribution in [1.82, 2.24) is 10.6 Å². The van der Waals surface area contributed by atoms with Gasteiger partial charge in [0.25, 0.3) is 0 Å². The minimum atomic E-state index is -4.40. The standard InChI is InChI=1S/C15H20F3N3O3/c1-9(2)12(21-14(19)23)13(22)20-7-10-3-5-11(6-4-10)24-8-15(16,17)18/h3-6,9,12H,7-8H2,1-2H3,(H,20,22)(H3,19,21,23). The molecule has 1 atom stereocenters. The fraction of sp³-hybridized carbons (Fsp3) is 0.467. The number of hydrogen-bond acceptors (Lipinski definition) is 3. The van der Waals surface area contributed by atoms with Crippen molar-refractivity contribution < 1.29 is 27.5 Å². The minimum absolute atomic E-state index is 0.0813. The van der Waals surface area contributed by atoms with Crippen LogP contribution in [0.15, 0.2) is 24.3 Å². The first-order valence-corrected chi connectivity index (χ1v) is 7.20. The molecule has 134 valence electrons. The molecule has 4 N–H and O–H groups in total. The first kappa shape index (κ1) is 19.6. The second-order valence-electron chi connectivity index (χ2n) is 5.50. The topological polar surface area (TPSA) is 93.5 Å². The summed E-state index contributed by atoms with van der Waals surface area (Å²) >= 11 is 0. The summed E-state index contributed by atoms with van der Waals surface area (Å²) in [7, 11) is 0. The number of carbonyl (C=O) groups excluding carboxylic acids is 2. The van der Waals surface area contributed by atoms with Crippen molar-refractivity contribution in [2.75, 3.05) is 6.61 Å². The number of amides is 3. The van der Waals surface area contributed by atoms with Crippen LogP contribution < -0.4 is 21.1 Å². The summed E-state index contributed by atoms with van der Waals surface area (Å²) in [5.74, 6) is -0.477. The number of primary amides is 1. The number of nitrogens with one attached hydrogen (secondary N) is 2. The Morgan fingerprint density at radius 2 is 1.79 bits per heavy atom. The quantitative estimate of drug-likeness (QED) is 0.704. The molecule has 0 aliphatic carbocycles. The van der Waals surface area contributed by atoms with Gasteiger partial charge in [0, 0.05) is 6.54 Å². The van der Waals surface area contributed by atoms with Crippen LogP contribution >= 0.6 is 0 Å². The summed E-state index contributed by atoms with van der Waals surface area (Å²) in [6.07, 6.45) is -4.40. The van der Waals surface area contributed by atoms with Crippen molar-refractivity contribution in [1.29, 1.82) is 0 Å². The molecular formula is C15H20F3N3O3. The summed E-state index contributed by atoms with van der Waals surface area (Å²) in [5, 5.41) is 4.99. The van der Waals surface area contributed by atoms with Gasteiger partial charge in [0.2, 0.25) is 5.91 Å². The number of ether oxygens (including phenoxy) is 1. The summed E-state index contributed by atoms with van der Waals surface area (Å²) in [6.45, 7) is 2.31. The first-order chi connectivity index (χ1) is 11.1. The van der Waals surface area contributed by atoms with Crippen molar-refractivity contribution in [2.45, 2.75) is 32.6 Å². The highest BCUT2D eigenvalue weighted by molar-refractivity contribution is 5.86. The zero-order valence-electron chi connectivity index (χ0n) is 13.3. The maximum atomic E-state index is 12.1. The van der Waals surface area contributed by atoms with Gasteiger partial charge in [-0.3, -0.25) is 4.79 Å². The van der Waals surface area contributed by atoms with Crippen LogP contribution in [0.1, 0.15) is 19.4 Å². The zero-order chi connectivity index (χ0) is 18.3. The van der Waals surface area contributed by atoms with E-state index >= 15 is 0 Å². The molecule has 0 saturated heterocycles. The van der Waals surface area contributed by atoms with Gasteiger partial charge in [-0.25, -0.2) is 4.79 Å². The number of alkyl halides is 3. The van der Waals surface area contributed by atoms with Gasteiger partial charge >= 0.3 is 12.2 Å². The Labute approximate surface area is 137 Å². The third-order valence-electron chi connectivity index (χ3n) is 3.04. The summed E-state index contributed by atoms with van der Waals surface area (Å²) in [5.41, 5.74) is 5.70. The molecule has 1 aromatic carbocycles. The van der Waals surface area contributed by atoms with E-state index < -0.39 is 30.8 Å². The summed E-state index contributed by atoms with van der Waals surface area (Å²) in [4.78, 5) is 22.9. The molecule has 0 aromatic heterocycles. The molecule has 3 amide bonds. The Morgan fingerprint density at radius 1 is 1.21 bits per heavy atom. The third kappa shape index (κ3) is 7.21. The number of halogens is 3. The van der Waals surface area contributed by atoms with E-state index in [9.17, 15) is 22.8 Å². The van der Waals surface area contributed by atoms with Crippen LogP contribution in [0.4, 0.5) is 18.0 Å². The van der Waals surface area contributed by atoms with Gasteiger partial charge in [0.1, 0.15) is 11.8 Å². The Hall–Kier alpha value is -2.45. The van der Waals surface area contributed by atoms with Crippen LogP contribution in [0.3, 0.4) is 0 Å². The van der Waals surface area contributed by atoms with Gasteiger partial charge in [-0.1, -0.05) is 26.0 Å². The Kier molecular flexibility index (Phi) is 6.87. The molecule has 9 heteroatoms. The SMILES string of the molecule is CC(C)C(NC(N)=O)C(=O)NCc1ccc(OCC(F)(F)F)cc1. The smallest absolute Gasteiger partial charge is 0.422 e. The molecule has 1 rings (SSSR count). The fourth-order valence-electron chi connectivity index (χ4n) is 1.86. The fourth-order valence-corrected chi connectivity index (χ4v) is 1.86. The van der Waals surface area contributed by atoms with Gasteiger partial charge in [-0.15, -0.1) is 0 Å². The number of hydrogen-bond donors (Lipinski definition) is 3. The van der Waals surface area contributed by atoms with Gasteiger partial charge in [0.05, 0.1) is 0 Å². The van der Waals surface area contributed by atoms with Crippen molar-refractivity contribution in [3.05, 3.63) is 29.8 Å². The molecule has 0 heterocycles. The lowest BCUT2D eigenvalue weighted by Crippen LogP contribution is -2.51. The van der Waals surface area contributed by atoms with E-state index in [1.807, 2.05) is 0 Å². The number of urea groups is 1. The van der Waals surface area contributed by atoms with Crippen LogP contribution in [0.5, 0.6) is 5.75 Å². The second kappa shape index (κ2) is 8.42. The monoisotopic (exact) mass is 347 g/mol. The Bertz CT molecular complexity index is 559. The molecule has 6 nitrogen and oxygen atoms in total. The van der Waals surface area contributed by atoms with Gasteiger partial charge in [0.15, 0.2) is 6.61 Å². The van der Waals surface area contributed by atoms with Gasteiger partial charge < -0.3 is 21.1 Å². The number of nitrogens with two attached hydrogens (primary N) is 1. The number of benzene rings is 1. The maximum Gasteiger partial charge on any atom is 0.422 e. The molecule has 0 aliphatic heterocycles. The molecular weight excluding hydrogens is 327 g/mol. The summed E-state index contributed by atoms with van der Waals surface area (Å²) < 4.78 is 40.7. The molecule has 24 heavy (non-hydrogen) atoms. The van der Waals surface area contributed by atoms with E-state index in [1.165, 1.54) is 24.3 Å². The van der Waals surface area contributed by atoms with Crippen molar-refractivity contribution in [3.8, 4) is 5.75 Å². The van der Waals surface area contributed by atoms with E-state index in [-0.39, 0.29) is 18.2 Å². The minimum Gasteiger partial charge on any atom is -0.484 e. The molecule has 0 radical (unpaired) electrons. The van der Waals surface area contributed by atoms with E-state index in [2.05, 4.69) is 15.4 Å². The zero-order valence-corrected chi connectivity index (χ0v) is 13.3. The van der Waals surface area contributed by atoms with E-state index in [0.29, 0.717) is 5.56 Å². The highest BCUT2D eigenvalue weighted by atomic mass is 19.4. The molecule has 0 aliphatic rings. The summed E-state index contributed by atoms with van der Waals surface area (Å²) in [6, 6.07) is 4.28. The van der Waals surface area contributed by atoms with Gasteiger partial charge in [-0.2, -0.15) is 13.2 Å². The third-order valence-corrected chi connectivity index (χ3v) is 3.04. The number of carbonyl (C=O) groups is 2. The Morgan fingerprint density at radius 3 is 2.25 bits per heavy atom. The first-order valence-electron chi connectivity index (χ1n) is 7.20. The predicted molar refractivity (Wildman–Crippen MR) is 81.2 cm³/mol. The van der Waals surface area contributed by atoms with Crippen LogP contribution in [0, 0.1) is 5.92 Å². The van der Waals surface area contributed by atoms with Crippen LogP contribution in [0.25, 0.3) is 0 Å². The van der Waals surface area contributed by atoms with Gasteiger partial charge in [-0.05, 0) is 23.6 Å². The van der Waals surface area contributed by atoms with E-state index in [0.717, 1.165) is 0 Å². The highest BCUT2D eigenvalue weighted by Crippen LogP contribution is 2.18. The van der Waals surface area contributed by atoms with Crippen molar-refractivity contribution in [2.24, 2.45) is 11.7 Å². The van der Waals surface area contributed by atoms with E-state index in [1.54, 1.807) is 13.8 Å². The average Bonchev–Trinajstić information content (AvgIpc) is 2.48. The normalized spacial score (nSPS) is 12.6. The lowest BCUT2D eigenvalue weighted by Gasteiger charge is -2.20. The molecule has 0 spiro atoms. The average molecular weight is 347 g/mol. The van der Waals surface area contributed by atoms with Crippen LogP contribution in [-0.2, 0) is 11.3 Å². The second-order valence-corrected chi connectivity index (χ2v) is 5.50. The highest BCUT2D eigenvalue weighted by Gasteiger charge is 2.28. The van der Waals surface area contributed by atoms with Crippen LogP contribution in [-0.4, -0.2) is 30.8 Å². The van der Waals surface area contributed by atoms with Crippen molar-refractivity contribution >= 4 is 11.9 Å². The molecule has 0 bridgehead atoms. The lowest BCUT2D eigenvalue weighted by atomic mass is 10.0. The van der Waals surface area contributed by atoms with Crippen LogP contribution in [0.2, 0.25) is 0 Å². The largest absolute Gasteiger partial charge is 0.484 e. The number of rotatable bonds is 7. The lowest BCUT2D eigenvalue weighted by molar-refractivity contribution is -0.153. The van der Waals surface area contributed by atoms with Crippen molar-refractivity contribution in [3.63, 3.8) is 0 Å². The van der Waals surface area contributed by atoms with E-state index in [4.69, 9.17) is 5.73 Å².